The highest BCUT2D eigenvalue weighted by atomic mass is 16.5. The highest BCUT2D eigenvalue weighted by molar-refractivity contribution is 5.87. The summed E-state index contributed by atoms with van der Waals surface area (Å²) in [4.78, 5) is 24.9. The quantitative estimate of drug-likeness (QED) is 0.561. The molecular formula is C10H17N3O3. The monoisotopic (exact) mass is 227 g/mol. The van der Waals surface area contributed by atoms with Crippen molar-refractivity contribution in [2.24, 2.45) is 0 Å². The van der Waals surface area contributed by atoms with Crippen LogP contribution in [0.25, 0.3) is 0 Å². The van der Waals surface area contributed by atoms with E-state index in [-0.39, 0.29) is 30.4 Å². The molecule has 2 heterocycles. The molecule has 90 valence electrons. The van der Waals surface area contributed by atoms with Crippen molar-refractivity contribution in [1.82, 2.24) is 15.5 Å². The highest BCUT2D eigenvalue weighted by Gasteiger charge is 2.31. The maximum atomic E-state index is 12.1. The van der Waals surface area contributed by atoms with Crippen LogP contribution in [0.15, 0.2) is 0 Å². The standard InChI is InChI=1S/C10H17N3O3/c1-7-6-16-3-2-13(7)10(15)8-4-12-9(14)5-11-8/h7-8,11H,2-6H2,1H3,(H,12,14). The Bertz CT molecular complexity index is 285. The van der Waals surface area contributed by atoms with E-state index in [4.69, 9.17) is 4.74 Å². The molecule has 2 aliphatic heterocycles. The van der Waals surface area contributed by atoms with E-state index in [0.29, 0.717) is 26.3 Å². The average molecular weight is 227 g/mol. The van der Waals surface area contributed by atoms with Crippen LogP contribution >= 0.6 is 0 Å². The third-order valence-electron chi connectivity index (χ3n) is 2.96. The van der Waals surface area contributed by atoms with Gasteiger partial charge >= 0.3 is 0 Å². The van der Waals surface area contributed by atoms with Gasteiger partial charge in [0.2, 0.25) is 11.8 Å². The summed E-state index contributed by atoms with van der Waals surface area (Å²) in [6.45, 7) is 4.38. The molecule has 2 aliphatic rings. The first-order chi connectivity index (χ1) is 7.68. The van der Waals surface area contributed by atoms with Crippen LogP contribution in [0.2, 0.25) is 0 Å². The molecule has 0 aromatic rings. The molecule has 2 amide bonds. The van der Waals surface area contributed by atoms with Gasteiger partial charge in [-0.2, -0.15) is 0 Å². The summed E-state index contributed by atoms with van der Waals surface area (Å²) < 4.78 is 5.28. The number of rotatable bonds is 1. The number of amides is 2. The SMILES string of the molecule is CC1COCCN1C(=O)C1CNC(=O)CN1. The minimum atomic E-state index is -0.293. The molecule has 2 atom stereocenters. The number of carbonyl (C=O) groups excluding carboxylic acids is 2. The minimum Gasteiger partial charge on any atom is -0.377 e. The maximum absolute atomic E-state index is 12.1. The number of piperazine rings is 1. The van der Waals surface area contributed by atoms with E-state index in [1.165, 1.54) is 0 Å². The van der Waals surface area contributed by atoms with Crippen LogP contribution in [0.4, 0.5) is 0 Å². The van der Waals surface area contributed by atoms with Crippen molar-refractivity contribution < 1.29 is 14.3 Å². The Morgan fingerprint density at radius 3 is 3.00 bits per heavy atom. The molecule has 0 saturated carbocycles. The third-order valence-corrected chi connectivity index (χ3v) is 2.96. The largest absolute Gasteiger partial charge is 0.377 e. The average Bonchev–Trinajstić information content (AvgIpc) is 2.30. The van der Waals surface area contributed by atoms with Crippen molar-refractivity contribution >= 4 is 11.8 Å². The van der Waals surface area contributed by atoms with Gasteiger partial charge in [-0.25, -0.2) is 0 Å². The topological polar surface area (TPSA) is 70.7 Å². The Kier molecular flexibility index (Phi) is 3.40. The van der Waals surface area contributed by atoms with Crippen LogP contribution in [0, 0.1) is 0 Å². The van der Waals surface area contributed by atoms with Crippen LogP contribution in [0.3, 0.4) is 0 Å². The van der Waals surface area contributed by atoms with Crippen LogP contribution in [-0.2, 0) is 14.3 Å². The zero-order valence-electron chi connectivity index (χ0n) is 9.36. The maximum Gasteiger partial charge on any atom is 0.241 e. The molecule has 2 fully saturated rings. The van der Waals surface area contributed by atoms with Crippen molar-refractivity contribution in [3.8, 4) is 0 Å². The number of hydrogen-bond donors (Lipinski definition) is 2. The molecule has 0 aromatic heterocycles. The molecule has 2 unspecified atom stereocenters. The molecule has 0 aliphatic carbocycles. The van der Waals surface area contributed by atoms with Gasteiger partial charge < -0.3 is 15.0 Å². The van der Waals surface area contributed by atoms with Crippen LogP contribution in [-0.4, -0.2) is 61.6 Å². The number of morpholine rings is 1. The first-order valence-electron chi connectivity index (χ1n) is 5.57. The Hall–Kier alpha value is -1.14. The molecule has 6 heteroatoms. The zero-order valence-corrected chi connectivity index (χ0v) is 9.36. The fourth-order valence-corrected chi connectivity index (χ4v) is 2.00. The van der Waals surface area contributed by atoms with E-state index in [0.717, 1.165) is 0 Å². The number of carbonyl (C=O) groups is 2. The van der Waals surface area contributed by atoms with E-state index in [2.05, 4.69) is 10.6 Å². The lowest BCUT2D eigenvalue weighted by molar-refractivity contribution is -0.142. The van der Waals surface area contributed by atoms with Crippen molar-refractivity contribution in [2.45, 2.75) is 19.0 Å². The second-order valence-electron chi connectivity index (χ2n) is 4.19. The second-order valence-corrected chi connectivity index (χ2v) is 4.19. The first kappa shape index (κ1) is 11.3. The Morgan fingerprint density at radius 1 is 1.56 bits per heavy atom. The second kappa shape index (κ2) is 4.80. The lowest BCUT2D eigenvalue weighted by Crippen LogP contribution is -2.61. The molecule has 0 radical (unpaired) electrons. The van der Waals surface area contributed by atoms with E-state index in [1.54, 1.807) is 0 Å². The predicted molar refractivity (Wildman–Crippen MR) is 56.8 cm³/mol. The summed E-state index contributed by atoms with van der Waals surface area (Å²) in [5.74, 6) is -0.00474. The number of nitrogens with zero attached hydrogens (tertiary/aromatic N) is 1. The summed E-state index contributed by atoms with van der Waals surface area (Å²) in [7, 11) is 0. The van der Waals surface area contributed by atoms with Gasteiger partial charge in [-0.05, 0) is 6.92 Å². The molecule has 2 saturated heterocycles. The van der Waals surface area contributed by atoms with Crippen molar-refractivity contribution in [1.29, 1.82) is 0 Å². The molecule has 16 heavy (non-hydrogen) atoms. The molecule has 0 bridgehead atoms. The lowest BCUT2D eigenvalue weighted by Gasteiger charge is -2.36. The van der Waals surface area contributed by atoms with Crippen LogP contribution in [0.1, 0.15) is 6.92 Å². The Balaban J connectivity index is 1.93. The molecule has 0 spiro atoms. The smallest absolute Gasteiger partial charge is 0.241 e. The van der Waals surface area contributed by atoms with E-state index in [9.17, 15) is 9.59 Å². The molecule has 2 rings (SSSR count). The van der Waals surface area contributed by atoms with Crippen molar-refractivity contribution in [3.05, 3.63) is 0 Å². The summed E-state index contributed by atoms with van der Waals surface area (Å²) in [5, 5.41) is 5.63. The van der Waals surface area contributed by atoms with Gasteiger partial charge in [0.1, 0.15) is 6.04 Å². The number of ether oxygens (including phenoxy) is 1. The fraction of sp³-hybridized carbons (Fsp3) is 0.800. The van der Waals surface area contributed by atoms with Gasteiger partial charge in [0.05, 0.1) is 25.8 Å². The highest BCUT2D eigenvalue weighted by Crippen LogP contribution is 2.08. The summed E-state index contributed by atoms with van der Waals surface area (Å²) >= 11 is 0. The number of hydrogen-bond acceptors (Lipinski definition) is 4. The molecule has 6 nitrogen and oxygen atoms in total. The zero-order chi connectivity index (χ0) is 11.5. The summed E-state index contributed by atoms with van der Waals surface area (Å²) in [5.41, 5.74) is 0. The Morgan fingerprint density at radius 2 is 2.38 bits per heavy atom. The van der Waals surface area contributed by atoms with Gasteiger partial charge in [0.25, 0.3) is 0 Å². The molecule has 0 aromatic carbocycles. The van der Waals surface area contributed by atoms with Gasteiger partial charge in [-0.1, -0.05) is 0 Å². The van der Waals surface area contributed by atoms with Crippen LogP contribution < -0.4 is 10.6 Å². The normalized spacial score (nSPS) is 31.1. The fourth-order valence-electron chi connectivity index (χ4n) is 2.00. The van der Waals surface area contributed by atoms with E-state index < -0.39 is 0 Å². The summed E-state index contributed by atoms with van der Waals surface area (Å²) in [6, 6.07) is -0.182. The first-order valence-corrected chi connectivity index (χ1v) is 5.57. The number of nitrogens with one attached hydrogen (secondary N) is 2. The molecule has 2 N–H and O–H groups in total. The lowest BCUT2D eigenvalue weighted by atomic mass is 10.1. The van der Waals surface area contributed by atoms with Crippen LogP contribution in [0.5, 0.6) is 0 Å². The van der Waals surface area contributed by atoms with Gasteiger partial charge in [0.15, 0.2) is 0 Å². The van der Waals surface area contributed by atoms with E-state index >= 15 is 0 Å². The van der Waals surface area contributed by atoms with Gasteiger partial charge in [-0.3, -0.25) is 14.9 Å². The van der Waals surface area contributed by atoms with Gasteiger partial charge in [-0.15, -0.1) is 0 Å². The van der Waals surface area contributed by atoms with Gasteiger partial charge in [0, 0.05) is 13.1 Å². The third kappa shape index (κ3) is 2.33. The minimum absolute atomic E-state index is 0.0517. The Labute approximate surface area is 94.3 Å². The predicted octanol–water partition coefficient (Wildman–Crippen LogP) is -1.68. The van der Waals surface area contributed by atoms with Crippen molar-refractivity contribution in [3.63, 3.8) is 0 Å². The summed E-state index contributed by atoms with van der Waals surface area (Å²) in [6.07, 6.45) is 0. The van der Waals surface area contributed by atoms with E-state index in [1.807, 2.05) is 11.8 Å². The van der Waals surface area contributed by atoms with Crippen molar-refractivity contribution in [2.75, 3.05) is 32.8 Å². The molecular weight excluding hydrogens is 210 g/mol.